The molecule has 20 heavy (non-hydrogen) atoms. The van der Waals surface area contributed by atoms with Crippen LogP contribution in [0.4, 0.5) is 4.79 Å². The van der Waals surface area contributed by atoms with Gasteiger partial charge in [-0.1, -0.05) is 30.4 Å². The van der Waals surface area contributed by atoms with Gasteiger partial charge in [-0.25, -0.2) is 4.79 Å². The summed E-state index contributed by atoms with van der Waals surface area (Å²) >= 11 is 4.16. The van der Waals surface area contributed by atoms with E-state index in [9.17, 15) is 4.79 Å². The number of rotatable bonds is 5. The molecule has 0 spiro atoms. The van der Waals surface area contributed by atoms with E-state index in [1.807, 2.05) is 45.0 Å². The smallest absolute Gasteiger partial charge is 0.407 e. The zero-order valence-corrected chi connectivity index (χ0v) is 13.2. The molecule has 0 saturated heterocycles. The Hall–Kier alpha value is -1.42. The van der Waals surface area contributed by atoms with Crippen LogP contribution >= 0.6 is 12.6 Å². The number of nitrogens with one attached hydrogen (secondary N) is 1. The van der Waals surface area contributed by atoms with Crippen LogP contribution < -0.4 is 5.32 Å². The number of amides is 1. The summed E-state index contributed by atoms with van der Waals surface area (Å²) in [6, 6.07) is 8.04. The quantitative estimate of drug-likeness (QED) is 0.804. The van der Waals surface area contributed by atoms with Crippen molar-refractivity contribution in [2.24, 2.45) is 0 Å². The molecule has 0 aromatic heterocycles. The third-order valence-corrected chi connectivity index (χ3v) is 2.65. The van der Waals surface area contributed by atoms with Crippen LogP contribution in [0.5, 0.6) is 0 Å². The standard InChI is InChI=1S/C16H23NO2S/c1-16(2,3)19-15(18)17-12-14-9-6-8-13(11-14)7-4-5-10-20/h4,6-9,11,20H,5,10,12H2,1-3H3,(H,17,18). The zero-order chi connectivity index (χ0) is 15.0. The molecule has 0 aliphatic rings. The molecule has 1 aromatic rings. The Morgan fingerprint density at radius 2 is 2.15 bits per heavy atom. The molecule has 1 rings (SSSR count). The molecule has 110 valence electrons. The molecule has 0 bridgehead atoms. The Kier molecular flexibility index (Phi) is 6.65. The molecule has 1 amide bonds. The van der Waals surface area contributed by atoms with Crippen molar-refractivity contribution in [3.05, 3.63) is 41.5 Å². The van der Waals surface area contributed by atoms with E-state index in [-0.39, 0.29) is 0 Å². The van der Waals surface area contributed by atoms with Crippen molar-refractivity contribution in [3.8, 4) is 0 Å². The number of thiol groups is 1. The van der Waals surface area contributed by atoms with Gasteiger partial charge in [-0.05, 0) is 50.1 Å². The molecule has 0 aliphatic carbocycles. The van der Waals surface area contributed by atoms with E-state index in [0.29, 0.717) is 6.54 Å². The molecular formula is C16H23NO2S. The first-order chi connectivity index (χ1) is 9.40. The minimum absolute atomic E-state index is 0.395. The van der Waals surface area contributed by atoms with E-state index in [4.69, 9.17) is 4.74 Å². The second-order valence-corrected chi connectivity index (χ2v) is 5.96. The van der Waals surface area contributed by atoms with Crippen LogP contribution in [0.3, 0.4) is 0 Å². The number of benzene rings is 1. The van der Waals surface area contributed by atoms with Gasteiger partial charge < -0.3 is 10.1 Å². The summed E-state index contributed by atoms with van der Waals surface area (Å²) in [6.45, 7) is 6.00. The fourth-order valence-corrected chi connectivity index (χ4v) is 1.74. The molecule has 0 radical (unpaired) electrons. The lowest BCUT2D eigenvalue weighted by Gasteiger charge is -2.19. The normalized spacial score (nSPS) is 11.6. The molecule has 0 saturated carbocycles. The summed E-state index contributed by atoms with van der Waals surface area (Å²) in [7, 11) is 0. The molecule has 1 N–H and O–H groups in total. The highest BCUT2D eigenvalue weighted by molar-refractivity contribution is 7.80. The van der Waals surface area contributed by atoms with Crippen LogP contribution in [-0.4, -0.2) is 17.4 Å². The average molecular weight is 293 g/mol. The van der Waals surface area contributed by atoms with Gasteiger partial charge in [-0.15, -0.1) is 0 Å². The Morgan fingerprint density at radius 3 is 2.80 bits per heavy atom. The first kappa shape index (κ1) is 16.6. The molecule has 4 heteroatoms. The maximum absolute atomic E-state index is 11.6. The predicted octanol–water partition coefficient (Wildman–Crippen LogP) is 4.04. The number of hydrogen-bond donors (Lipinski definition) is 2. The summed E-state index contributed by atoms with van der Waals surface area (Å²) in [5.41, 5.74) is 1.70. The Balaban J connectivity index is 2.52. The SMILES string of the molecule is CC(C)(C)OC(=O)NCc1cccc(C=CCCS)c1. The lowest BCUT2D eigenvalue weighted by Crippen LogP contribution is -2.32. The lowest BCUT2D eigenvalue weighted by atomic mass is 10.1. The van der Waals surface area contributed by atoms with Gasteiger partial charge in [0.05, 0.1) is 0 Å². The number of alkyl carbamates (subject to hydrolysis) is 1. The van der Waals surface area contributed by atoms with Gasteiger partial charge in [0.2, 0.25) is 0 Å². The second-order valence-electron chi connectivity index (χ2n) is 5.52. The van der Waals surface area contributed by atoms with Gasteiger partial charge in [0.25, 0.3) is 0 Å². The molecule has 1 aromatic carbocycles. The predicted molar refractivity (Wildman–Crippen MR) is 87.0 cm³/mol. The van der Waals surface area contributed by atoms with E-state index in [0.717, 1.165) is 23.3 Å². The zero-order valence-electron chi connectivity index (χ0n) is 12.3. The number of carbonyl (C=O) groups excluding carboxylic acids is 1. The van der Waals surface area contributed by atoms with Crippen molar-refractivity contribution < 1.29 is 9.53 Å². The molecule has 3 nitrogen and oxygen atoms in total. The average Bonchev–Trinajstić information content (AvgIpc) is 2.35. The van der Waals surface area contributed by atoms with Gasteiger partial charge in [0.15, 0.2) is 0 Å². The van der Waals surface area contributed by atoms with Gasteiger partial charge in [0.1, 0.15) is 5.60 Å². The lowest BCUT2D eigenvalue weighted by molar-refractivity contribution is 0.0523. The first-order valence-electron chi connectivity index (χ1n) is 6.74. The highest BCUT2D eigenvalue weighted by Crippen LogP contribution is 2.09. The number of carbonyl (C=O) groups is 1. The third-order valence-electron chi connectivity index (χ3n) is 2.39. The minimum Gasteiger partial charge on any atom is -0.444 e. The number of allylic oxidation sites excluding steroid dienone is 1. The van der Waals surface area contributed by atoms with Crippen LogP contribution in [0.2, 0.25) is 0 Å². The summed E-state index contributed by atoms with van der Waals surface area (Å²) in [4.78, 5) is 11.6. The maximum Gasteiger partial charge on any atom is 0.407 e. The molecule has 0 fully saturated rings. The van der Waals surface area contributed by atoms with Crippen molar-refractivity contribution in [2.75, 3.05) is 5.75 Å². The largest absolute Gasteiger partial charge is 0.444 e. The highest BCUT2D eigenvalue weighted by Gasteiger charge is 2.15. The van der Waals surface area contributed by atoms with Gasteiger partial charge in [-0.2, -0.15) is 12.6 Å². The fourth-order valence-electron chi connectivity index (χ4n) is 1.59. The molecule has 0 unspecified atom stereocenters. The van der Waals surface area contributed by atoms with Crippen LogP contribution in [0, 0.1) is 0 Å². The van der Waals surface area contributed by atoms with Crippen LogP contribution in [0.1, 0.15) is 38.3 Å². The summed E-state index contributed by atoms with van der Waals surface area (Å²) in [5, 5.41) is 2.75. The fraction of sp³-hybridized carbons (Fsp3) is 0.438. The van der Waals surface area contributed by atoms with Crippen molar-refractivity contribution in [3.63, 3.8) is 0 Å². The third kappa shape index (κ3) is 7.24. The summed E-state index contributed by atoms with van der Waals surface area (Å²) < 4.78 is 5.20. The van der Waals surface area contributed by atoms with Gasteiger partial charge >= 0.3 is 6.09 Å². The Morgan fingerprint density at radius 1 is 1.40 bits per heavy atom. The molecule has 0 atom stereocenters. The van der Waals surface area contributed by atoms with Crippen LogP contribution in [-0.2, 0) is 11.3 Å². The first-order valence-corrected chi connectivity index (χ1v) is 7.37. The topological polar surface area (TPSA) is 38.3 Å². The van der Waals surface area contributed by atoms with E-state index < -0.39 is 11.7 Å². The summed E-state index contributed by atoms with van der Waals surface area (Å²) in [6.07, 6.45) is 4.71. The minimum atomic E-state index is -0.471. The maximum atomic E-state index is 11.6. The molecule has 0 aliphatic heterocycles. The van der Waals surface area contributed by atoms with E-state index >= 15 is 0 Å². The van der Waals surface area contributed by atoms with E-state index in [1.165, 1.54) is 0 Å². The van der Waals surface area contributed by atoms with Crippen molar-refractivity contribution in [1.29, 1.82) is 0 Å². The van der Waals surface area contributed by atoms with Crippen molar-refractivity contribution in [1.82, 2.24) is 5.32 Å². The van der Waals surface area contributed by atoms with E-state index in [1.54, 1.807) is 0 Å². The van der Waals surface area contributed by atoms with Crippen LogP contribution in [0.25, 0.3) is 6.08 Å². The Labute approximate surface area is 126 Å². The Bertz CT molecular complexity index is 464. The number of ether oxygens (including phenoxy) is 1. The summed E-state index contributed by atoms with van der Waals surface area (Å²) in [5.74, 6) is 0.844. The van der Waals surface area contributed by atoms with E-state index in [2.05, 4.69) is 30.1 Å². The van der Waals surface area contributed by atoms with Gasteiger partial charge in [0, 0.05) is 6.54 Å². The van der Waals surface area contributed by atoms with Crippen LogP contribution in [0.15, 0.2) is 30.3 Å². The molecular weight excluding hydrogens is 270 g/mol. The molecule has 0 heterocycles. The number of hydrogen-bond acceptors (Lipinski definition) is 3. The monoisotopic (exact) mass is 293 g/mol. The second kappa shape index (κ2) is 8.00. The van der Waals surface area contributed by atoms with Gasteiger partial charge in [-0.3, -0.25) is 0 Å². The highest BCUT2D eigenvalue weighted by atomic mass is 32.1. The van der Waals surface area contributed by atoms with Crippen molar-refractivity contribution >= 4 is 24.8 Å². The van der Waals surface area contributed by atoms with Crippen molar-refractivity contribution in [2.45, 2.75) is 39.3 Å².